The van der Waals surface area contributed by atoms with Crippen molar-refractivity contribution in [3.8, 4) is 0 Å². The van der Waals surface area contributed by atoms with E-state index in [0.717, 1.165) is 5.92 Å². The van der Waals surface area contributed by atoms with Crippen LogP contribution in [-0.2, 0) is 0 Å². The van der Waals surface area contributed by atoms with Gasteiger partial charge in [0.25, 0.3) is 0 Å². The summed E-state index contributed by atoms with van der Waals surface area (Å²) < 4.78 is 0. The smallest absolute Gasteiger partial charge is 0.0323 e. The fraction of sp³-hybridized carbons (Fsp3) is 1.00. The van der Waals surface area contributed by atoms with E-state index in [1.54, 1.807) is 6.42 Å². The Hall–Kier alpha value is 0. The van der Waals surface area contributed by atoms with Crippen LogP contribution in [-0.4, -0.2) is 0 Å². The second-order valence-corrected chi connectivity index (χ2v) is 22.9. The van der Waals surface area contributed by atoms with E-state index in [-0.39, 0.29) is 0 Å². The van der Waals surface area contributed by atoms with Crippen LogP contribution < -0.4 is 0 Å². The lowest BCUT2D eigenvalue weighted by molar-refractivity contribution is 0.175. The second-order valence-electron chi connectivity index (χ2n) is 22.9. The third-order valence-corrected chi connectivity index (χ3v) is 16.0. The molecule has 0 rings (SSSR count). The first-order valence-electron chi connectivity index (χ1n) is 31.6. The van der Waals surface area contributed by atoms with E-state index in [2.05, 4.69) is 34.6 Å². The molecule has 0 amide bonds. The van der Waals surface area contributed by atoms with Crippen molar-refractivity contribution in [1.82, 2.24) is 0 Å². The van der Waals surface area contributed by atoms with E-state index in [1.165, 1.54) is 360 Å². The monoisotopic (exact) mass is 899 g/mol. The largest absolute Gasteiger partial charge is 0.0654 e. The Kier molecular flexibility index (Phi) is 55.6. The van der Waals surface area contributed by atoms with Crippen LogP contribution in [0.3, 0.4) is 0 Å². The summed E-state index contributed by atoms with van der Waals surface area (Å²) in [5.41, 5.74) is 0.577. The fourth-order valence-corrected chi connectivity index (χ4v) is 11.4. The van der Waals surface area contributed by atoms with Crippen molar-refractivity contribution in [3.63, 3.8) is 0 Å². The Balaban J connectivity index is 4.95. The Labute approximate surface area is 410 Å². The minimum absolute atomic E-state index is 0.577. The lowest BCUT2D eigenvalue weighted by atomic mass is 9.71. The normalized spacial score (nSPS) is 13.3. The van der Waals surface area contributed by atoms with Crippen LogP contribution in [0.15, 0.2) is 0 Å². The van der Waals surface area contributed by atoms with Crippen LogP contribution in [0.4, 0.5) is 0 Å². The van der Waals surface area contributed by atoms with Gasteiger partial charge in [0.15, 0.2) is 0 Å². The summed E-state index contributed by atoms with van der Waals surface area (Å²) in [7, 11) is 0. The lowest BCUT2D eigenvalue weighted by Crippen LogP contribution is -2.21. The first kappa shape index (κ1) is 64.0. The molecule has 0 aliphatic carbocycles. The van der Waals surface area contributed by atoms with Gasteiger partial charge in [-0.2, -0.15) is 0 Å². The van der Waals surface area contributed by atoms with Crippen molar-refractivity contribution in [2.75, 3.05) is 0 Å². The number of rotatable bonds is 58. The zero-order valence-electron chi connectivity index (χ0n) is 46.4. The molecule has 0 aromatic heterocycles. The molecule has 0 saturated carbocycles. The molecule has 386 valence electrons. The minimum Gasteiger partial charge on any atom is -0.0654 e. The second kappa shape index (κ2) is 55.6. The number of unbranched alkanes of at least 4 members (excludes halogenated alkanes) is 48. The SMILES string of the molecule is CCCCCCCCCCCCCCCCC(CCCCCCCCCCCCCC)CC(C)(CCCCCCCCCCCCCC)CCCCCCCCCCCCCCCC. The standard InChI is InChI=1S/C64H130/c1-6-10-14-18-22-26-30-34-36-39-43-47-51-55-59-63(58-54-50-46-42-38-32-28-24-20-16-12-8-3)62-64(5,60-56-52-48-44-40-33-29-25-21-17-13-9-4)61-57-53-49-45-41-37-35-31-27-23-19-15-11-7-2/h63H,6-62H2,1-5H3. The average molecular weight is 900 g/mol. The summed E-state index contributed by atoms with van der Waals surface area (Å²) in [6, 6.07) is 0. The van der Waals surface area contributed by atoms with Crippen molar-refractivity contribution in [2.45, 2.75) is 401 Å². The van der Waals surface area contributed by atoms with Gasteiger partial charge in [0.05, 0.1) is 0 Å². The molecule has 0 fully saturated rings. The Morgan fingerprint density at radius 3 is 0.547 bits per heavy atom. The highest BCUT2D eigenvalue weighted by atomic mass is 14.3. The third-order valence-electron chi connectivity index (χ3n) is 16.0. The first-order valence-corrected chi connectivity index (χ1v) is 31.6. The van der Waals surface area contributed by atoms with Gasteiger partial charge in [-0.3, -0.25) is 0 Å². The summed E-state index contributed by atoms with van der Waals surface area (Å²) in [6.07, 6.45) is 84.4. The lowest BCUT2D eigenvalue weighted by Gasteiger charge is -2.34. The first-order chi connectivity index (χ1) is 31.6. The minimum atomic E-state index is 0.577. The van der Waals surface area contributed by atoms with Gasteiger partial charge >= 0.3 is 0 Å². The van der Waals surface area contributed by atoms with Crippen molar-refractivity contribution in [2.24, 2.45) is 11.3 Å². The van der Waals surface area contributed by atoms with E-state index in [0.29, 0.717) is 5.41 Å². The molecule has 0 bridgehead atoms. The van der Waals surface area contributed by atoms with Gasteiger partial charge in [0.2, 0.25) is 0 Å². The Bertz CT molecular complexity index is 798. The van der Waals surface area contributed by atoms with Gasteiger partial charge in [0.1, 0.15) is 0 Å². The molecular weight excluding hydrogens is 769 g/mol. The topological polar surface area (TPSA) is 0 Å². The highest BCUT2D eigenvalue weighted by Gasteiger charge is 2.27. The van der Waals surface area contributed by atoms with Crippen LogP contribution in [0.1, 0.15) is 401 Å². The molecule has 2 unspecified atom stereocenters. The van der Waals surface area contributed by atoms with Crippen LogP contribution in [0, 0.1) is 11.3 Å². The molecule has 0 aliphatic rings. The number of hydrogen-bond donors (Lipinski definition) is 0. The molecule has 0 N–H and O–H groups in total. The molecule has 0 aliphatic heterocycles. The maximum absolute atomic E-state index is 2.79. The zero-order chi connectivity index (χ0) is 46.4. The van der Waals surface area contributed by atoms with Gasteiger partial charge in [-0.25, -0.2) is 0 Å². The highest BCUT2D eigenvalue weighted by Crippen LogP contribution is 2.41. The predicted molar refractivity (Wildman–Crippen MR) is 297 cm³/mol. The molecule has 0 saturated heterocycles. The predicted octanol–water partition coefficient (Wildman–Crippen LogP) is 24.9. The maximum Gasteiger partial charge on any atom is -0.0323 e. The van der Waals surface area contributed by atoms with E-state index < -0.39 is 0 Å². The summed E-state index contributed by atoms with van der Waals surface area (Å²) in [5.74, 6) is 0.981. The van der Waals surface area contributed by atoms with Crippen LogP contribution in [0.25, 0.3) is 0 Å². The molecule has 0 radical (unpaired) electrons. The van der Waals surface area contributed by atoms with Gasteiger partial charge in [0, 0.05) is 0 Å². The summed E-state index contributed by atoms with van der Waals surface area (Å²) >= 11 is 0. The van der Waals surface area contributed by atoms with Crippen molar-refractivity contribution >= 4 is 0 Å². The van der Waals surface area contributed by atoms with Gasteiger partial charge in [-0.15, -0.1) is 0 Å². The van der Waals surface area contributed by atoms with Crippen molar-refractivity contribution < 1.29 is 0 Å². The summed E-state index contributed by atoms with van der Waals surface area (Å²) in [6.45, 7) is 12.1. The molecule has 0 spiro atoms. The molecule has 0 heteroatoms. The van der Waals surface area contributed by atoms with E-state index in [1.807, 2.05) is 0 Å². The molecule has 0 nitrogen and oxygen atoms in total. The molecule has 0 heterocycles. The van der Waals surface area contributed by atoms with Crippen molar-refractivity contribution in [3.05, 3.63) is 0 Å². The summed E-state index contributed by atoms with van der Waals surface area (Å²) in [5, 5.41) is 0. The van der Waals surface area contributed by atoms with Gasteiger partial charge in [-0.05, 0) is 30.6 Å². The van der Waals surface area contributed by atoms with Crippen LogP contribution >= 0.6 is 0 Å². The maximum atomic E-state index is 2.79. The van der Waals surface area contributed by atoms with E-state index in [9.17, 15) is 0 Å². The molecule has 0 aromatic rings. The molecular formula is C64H130. The van der Waals surface area contributed by atoms with E-state index >= 15 is 0 Å². The molecule has 64 heavy (non-hydrogen) atoms. The molecule has 0 aromatic carbocycles. The van der Waals surface area contributed by atoms with E-state index in [4.69, 9.17) is 0 Å². The number of hydrogen-bond acceptors (Lipinski definition) is 0. The average Bonchev–Trinajstić information content (AvgIpc) is 3.29. The Morgan fingerprint density at radius 2 is 0.359 bits per heavy atom. The van der Waals surface area contributed by atoms with Crippen molar-refractivity contribution in [1.29, 1.82) is 0 Å². The Morgan fingerprint density at radius 1 is 0.203 bits per heavy atom. The fourth-order valence-electron chi connectivity index (χ4n) is 11.4. The summed E-state index contributed by atoms with van der Waals surface area (Å²) in [4.78, 5) is 0. The zero-order valence-corrected chi connectivity index (χ0v) is 46.4. The quantitative estimate of drug-likeness (QED) is 0.0534. The van der Waals surface area contributed by atoms with Crippen LogP contribution in [0.2, 0.25) is 0 Å². The highest BCUT2D eigenvalue weighted by molar-refractivity contribution is 4.79. The van der Waals surface area contributed by atoms with Gasteiger partial charge < -0.3 is 0 Å². The van der Waals surface area contributed by atoms with Gasteiger partial charge in [-0.1, -0.05) is 381 Å². The molecule has 2 atom stereocenters. The third kappa shape index (κ3) is 51.4. The van der Waals surface area contributed by atoms with Crippen LogP contribution in [0.5, 0.6) is 0 Å².